The molecule has 6 aromatic carbocycles. The van der Waals surface area contributed by atoms with E-state index in [-0.39, 0.29) is 118 Å². The summed E-state index contributed by atoms with van der Waals surface area (Å²) in [6.07, 6.45) is 16.5. The normalized spacial score (nSPS) is 11.4. The number of pyridine rings is 2. The molecule has 0 aliphatic carbocycles. The van der Waals surface area contributed by atoms with E-state index >= 15 is 0 Å². The number of halogens is 1. The molecule has 2 aromatic heterocycles. The number of Topliss-reactive ketones (excluding diaryl/α,β-unsaturated/α-hetero) is 2. The predicted molar refractivity (Wildman–Crippen MR) is 471 cm³/mol. The number of anilines is 2. The van der Waals surface area contributed by atoms with Gasteiger partial charge in [0.05, 0.1) is 53.4 Å². The summed E-state index contributed by atoms with van der Waals surface area (Å²) < 4.78 is 33.6. The number of esters is 2. The standard InChI is InChI=1S/C46H58BrN3O7.C46H58N6O7.N3.Na/c1-33-24-26-48-42(29-33)50(45(54)57-46(2,3)4)27-14-17-43(52)49-32-37(51)30-36(31-44(53)55-5)34-18-20-35(21-19-34)38-22-23-41(40-16-11-10-15-39(38)40)56-28-13-9-7-6-8-12-25-47;1-33-24-26-48-42(29-33)52(45(56)59-46(2,3)4)27-14-17-43(54)49-32-37(53)30-36(31-44(55)57-5)34-18-20-35(21-19-34)38-22-23-41(40-16-11-10-15-39(38)40)58-28-13-9-7-6-8-12-25-50-51-47;1-3-2;/h10-11,15-16,18-24,26,29,36H,6-9,12-14,17,25,27-28,30-32H2,1-5H3,(H,49,52);10-11,15-16,18-24,26,29,36H,6-9,12-14,17,25,27-28,30-32H2,1-5H3,(H,49,54);;/q;;-1;+1/t2*36-;;/m00../s1. The van der Waals surface area contributed by atoms with Gasteiger partial charge in [0.15, 0.2) is 11.6 Å². The molecular weight excluding hydrogens is 1600 g/mol. The summed E-state index contributed by atoms with van der Waals surface area (Å²) in [5.74, 6) is -0.244. The van der Waals surface area contributed by atoms with E-state index in [1.54, 1.807) is 66.1 Å². The zero-order valence-corrected chi connectivity index (χ0v) is 75.1. The fourth-order valence-corrected chi connectivity index (χ4v) is 13.7. The number of hydrogen-bond acceptors (Lipinski definition) is 17. The molecule has 0 aliphatic rings. The van der Waals surface area contributed by atoms with Crippen LogP contribution in [0.4, 0.5) is 21.2 Å². The van der Waals surface area contributed by atoms with Gasteiger partial charge in [-0.3, -0.25) is 43.5 Å². The molecule has 0 bridgehead atoms. The van der Waals surface area contributed by atoms with Crippen LogP contribution < -0.4 is 59.5 Å². The summed E-state index contributed by atoms with van der Waals surface area (Å²) in [7, 11) is 2.65. The van der Waals surface area contributed by atoms with Gasteiger partial charge in [0.2, 0.25) is 11.8 Å². The Balaban J connectivity index is 0.000000410. The molecule has 8 aromatic rings. The molecule has 0 aliphatic heterocycles. The van der Waals surface area contributed by atoms with Crippen LogP contribution >= 0.6 is 15.9 Å². The SMILES string of the molecule is COC(=O)C[C@H](CC(=O)CNC(=O)CCCN(C(=O)OC(C)(C)C)c1cc(C)ccn1)c1ccc(-c2ccc(OCCCCCCCCBr)c3ccccc23)cc1.COC(=O)C[C@H](CC(=O)CNC(=O)CCCN(C(=O)OC(C)(C)C)c1cc(C)ccn1)c1ccc(-c2ccc(OCCCCCCCCN=[N+]=[N-])c3ccccc23)cc1.[N-]=[N+]=[N-].[Na+]. The van der Waals surface area contributed by atoms with Gasteiger partial charge in [0.25, 0.3) is 0 Å². The minimum Gasteiger partial charge on any atom is -0.493 e. The number of alkyl halides is 1. The third-order valence-corrected chi connectivity index (χ3v) is 19.8. The molecule has 28 heteroatoms. The van der Waals surface area contributed by atoms with Crippen LogP contribution in [0.25, 0.3) is 70.2 Å². The van der Waals surface area contributed by atoms with Gasteiger partial charge < -0.3 is 50.1 Å². The van der Waals surface area contributed by atoms with Crippen LogP contribution in [-0.4, -0.2) is 134 Å². The third kappa shape index (κ3) is 36.3. The topological polar surface area (TPSA) is 356 Å². The minimum absolute atomic E-state index is 0. The number of hydrogen-bond donors (Lipinski definition) is 2. The number of carbonyl (C=O) groups excluding carboxylic acids is 8. The summed E-state index contributed by atoms with van der Waals surface area (Å²) in [4.78, 5) is 119. The average Bonchev–Trinajstić information content (AvgIpc) is 0.788. The Kier molecular flexibility index (Phi) is 45.1. The molecule has 0 saturated carbocycles. The molecule has 2 heterocycles. The Morgan fingerprint density at radius 1 is 0.475 bits per heavy atom. The van der Waals surface area contributed by atoms with Crippen molar-refractivity contribution in [2.75, 3.05) is 75.3 Å². The number of azide groups is 1. The summed E-state index contributed by atoms with van der Waals surface area (Å²) >= 11 is 3.50. The summed E-state index contributed by atoms with van der Waals surface area (Å²) in [6, 6.07) is 47.6. The average molecular weight is 1720 g/mol. The Hall–Kier alpha value is -10.4. The number of rotatable bonds is 45. The number of nitrogens with zero attached hydrogens (tertiary/aromatic N) is 10. The number of amides is 4. The van der Waals surface area contributed by atoms with Crippen LogP contribution in [0.3, 0.4) is 0 Å². The molecule has 120 heavy (non-hydrogen) atoms. The van der Waals surface area contributed by atoms with E-state index in [0.717, 1.165) is 134 Å². The zero-order chi connectivity index (χ0) is 86.5. The smallest absolute Gasteiger partial charge is 0.493 e. The van der Waals surface area contributed by atoms with Gasteiger partial charge in [0.1, 0.15) is 34.3 Å². The van der Waals surface area contributed by atoms with Crippen LogP contribution in [0.1, 0.15) is 204 Å². The first-order valence-electron chi connectivity index (χ1n) is 40.8. The van der Waals surface area contributed by atoms with Crippen molar-refractivity contribution in [1.29, 1.82) is 0 Å². The Labute approximate surface area is 736 Å². The van der Waals surface area contributed by atoms with E-state index in [1.165, 1.54) is 54.6 Å². The fraction of sp³-hybridized carbons (Fsp3) is 0.457. The molecule has 4 amide bonds. The first-order valence-corrected chi connectivity index (χ1v) is 41.9. The number of aromatic nitrogens is 2. The van der Waals surface area contributed by atoms with Crippen LogP contribution in [0.15, 0.2) is 163 Å². The second kappa shape index (κ2) is 54.0. The van der Waals surface area contributed by atoms with Gasteiger partial charge in [0, 0.05) is 90.6 Å². The molecular formula is C92H116BrN12NaO14. The first kappa shape index (κ1) is 100. The third-order valence-electron chi connectivity index (χ3n) is 19.3. The summed E-state index contributed by atoms with van der Waals surface area (Å²) in [6.45, 7) is 16.4. The van der Waals surface area contributed by atoms with E-state index in [2.05, 4.69) is 83.0 Å². The predicted octanol–water partition coefficient (Wildman–Crippen LogP) is 18.3. The molecule has 0 fully saturated rings. The molecule has 0 saturated heterocycles. The van der Waals surface area contributed by atoms with Crippen molar-refractivity contribution in [3.63, 3.8) is 0 Å². The van der Waals surface area contributed by atoms with E-state index < -0.39 is 47.2 Å². The van der Waals surface area contributed by atoms with Gasteiger partial charge in [-0.15, -0.1) is 0 Å². The maximum absolute atomic E-state index is 13.2. The van der Waals surface area contributed by atoms with Crippen molar-refractivity contribution >= 4 is 96.6 Å². The first-order chi connectivity index (χ1) is 57.2. The Morgan fingerprint density at radius 2 is 0.842 bits per heavy atom. The van der Waals surface area contributed by atoms with E-state index in [4.69, 9.17) is 45.0 Å². The van der Waals surface area contributed by atoms with Crippen LogP contribution in [0.5, 0.6) is 11.5 Å². The van der Waals surface area contributed by atoms with Crippen molar-refractivity contribution in [1.82, 2.24) is 20.6 Å². The second-order valence-corrected chi connectivity index (χ2v) is 31.9. The van der Waals surface area contributed by atoms with Crippen LogP contribution in [0.2, 0.25) is 0 Å². The molecule has 2 atom stereocenters. The van der Waals surface area contributed by atoms with Gasteiger partial charge in [-0.1, -0.05) is 182 Å². The molecule has 8 rings (SSSR count). The van der Waals surface area contributed by atoms with Crippen LogP contribution in [0, 0.1) is 13.8 Å². The number of carbonyl (C=O) groups is 8. The number of aryl methyl sites for hydroxylation is 2. The quantitative estimate of drug-likeness (QED) is 0.00523. The molecule has 0 spiro atoms. The number of ketones is 2. The number of ether oxygens (including phenoxy) is 6. The second-order valence-electron chi connectivity index (χ2n) is 31.1. The monoisotopic (exact) mass is 1710 g/mol. The number of benzene rings is 6. The fourth-order valence-electron chi connectivity index (χ4n) is 13.3. The van der Waals surface area contributed by atoms with Crippen molar-refractivity contribution in [3.05, 3.63) is 207 Å². The van der Waals surface area contributed by atoms with Crippen molar-refractivity contribution in [2.45, 2.75) is 207 Å². The van der Waals surface area contributed by atoms with E-state index in [0.29, 0.717) is 44.2 Å². The molecule has 0 radical (unpaired) electrons. The largest absolute Gasteiger partial charge is 1.00 e. The maximum atomic E-state index is 13.2. The Bertz CT molecular complexity index is 4680. The number of unbranched alkanes of at least 4 members (excludes halogenated alkanes) is 10. The van der Waals surface area contributed by atoms with Crippen molar-refractivity contribution in [3.8, 4) is 33.8 Å². The van der Waals surface area contributed by atoms with Crippen molar-refractivity contribution < 1.29 is 96.3 Å². The number of nitrogens with one attached hydrogen (secondary N) is 2. The van der Waals surface area contributed by atoms with Gasteiger partial charge >= 0.3 is 53.7 Å². The number of fused-ring (bicyclic) bond motifs is 2. The van der Waals surface area contributed by atoms with Crippen molar-refractivity contribution in [2.24, 2.45) is 5.11 Å². The van der Waals surface area contributed by atoms with Crippen LogP contribution in [-0.2, 0) is 47.7 Å². The molecule has 26 nitrogen and oxygen atoms in total. The van der Waals surface area contributed by atoms with E-state index in [1.807, 2.05) is 111 Å². The maximum Gasteiger partial charge on any atom is 1.00 e. The molecule has 2 N–H and O–H groups in total. The molecule has 636 valence electrons. The van der Waals surface area contributed by atoms with E-state index in [9.17, 15) is 38.4 Å². The summed E-state index contributed by atoms with van der Waals surface area (Å²) in [5.41, 5.74) is 28.1. The van der Waals surface area contributed by atoms with Gasteiger partial charge in [-0.2, -0.15) is 0 Å². The molecule has 0 unspecified atom stereocenters. The number of methoxy groups -OCH3 is 2. The zero-order valence-electron chi connectivity index (χ0n) is 71.5. The van der Waals surface area contributed by atoms with Gasteiger partial charge in [-0.05, 0) is 191 Å². The Morgan fingerprint density at radius 3 is 1.20 bits per heavy atom. The van der Waals surface area contributed by atoms with Gasteiger partial charge in [-0.25, -0.2) is 19.6 Å². The minimum atomic E-state index is -0.708. The summed E-state index contributed by atoms with van der Waals surface area (Å²) in [5, 5.41) is 14.3.